The molecule has 0 radical (unpaired) electrons. The molecule has 7 heteroatoms. The van der Waals surface area contributed by atoms with Gasteiger partial charge in [0.25, 0.3) is 10.1 Å². The van der Waals surface area contributed by atoms with Gasteiger partial charge < -0.3 is 10.5 Å². The Labute approximate surface area is 104 Å². The highest BCUT2D eigenvalue weighted by atomic mass is 35.5. The van der Waals surface area contributed by atoms with Crippen LogP contribution in [0.2, 0.25) is 0 Å². The monoisotopic (exact) mass is 275 g/mol. The van der Waals surface area contributed by atoms with Crippen LogP contribution in [0.5, 0.6) is 0 Å². The van der Waals surface area contributed by atoms with Crippen LogP contribution >= 0.6 is 12.4 Å². The van der Waals surface area contributed by atoms with E-state index in [0.717, 1.165) is 6.26 Å². The van der Waals surface area contributed by atoms with Gasteiger partial charge in [0, 0.05) is 0 Å². The summed E-state index contributed by atoms with van der Waals surface area (Å²) in [6.07, 6.45) is 0.737. The maximum Gasteiger partial charge on any atom is 0.264 e. The summed E-state index contributed by atoms with van der Waals surface area (Å²) in [6.45, 7) is 7.46. The molecule has 0 amide bonds. The first-order valence-corrected chi connectivity index (χ1v) is 6.61. The maximum absolute atomic E-state index is 10.7. The molecule has 0 aliphatic carbocycles. The quantitative estimate of drug-likeness (QED) is 0.755. The summed E-state index contributed by atoms with van der Waals surface area (Å²) in [6, 6.07) is -0.459. The van der Waals surface area contributed by atoms with E-state index in [-0.39, 0.29) is 30.7 Å². The first-order valence-electron chi connectivity index (χ1n) is 4.79. The second kappa shape index (κ2) is 6.76. The van der Waals surface area contributed by atoms with Crippen molar-refractivity contribution in [1.82, 2.24) is 0 Å². The van der Waals surface area contributed by atoms with Crippen LogP contribution in [0.3, 0.4) is 0 Å². The van der Waals surface area contributed by atoms with Gasteiger partial charge in [0.15, 0.2) is 0 Å². The van der Waals surface area contributed by atoms with Crippen molar-refractivity contribution >= 4 is 22.5 Å². The molecule has 0 aliphatic heterocycles. The number of ether oxygens (including phenoxy) is 1. The molecule has 0 aromatic heterocycles. The van der Waals surface area contributed by atoms with Crippen molar-refractivity contribution in [2.45, 2.75) is 45.4 Å². The van der Waals surface area contributed by atoms with Crippen molar-refractivity contribution < 1.29 is 17.3 Å². The molecule has 100 valence electrons. The fraction of sp³-hybridized carbons (Fsp3) is 1.00. The summed E-state index contributed by atoms with van der Waals surface area (Å²) >= 11 is 0. The van der Waals surface area contributed by atoms with Crippen molar-refractivity contribution in [3.63, 3.8) is 0 Å². The van der Waals surface area contributed by atoms with E-state index in [9.17, 15) is 8.42 Å². The van der Waals surface area contributed by atoms with E-state index < -0.39 is 16.2 Å². The van der Waals surface area contributed by atoms with Gasteiger partial charge in [-0.15, -0.1) is 12.4 Å². The topological polar surface area (TPSA) is 78.6 Å². The highest BCUT2D eigenvalue weighted by Gasteiger charge is 2.21. The molecule has 16 heavy (non-hydrogen) atoms. The highest BCUT2D eigenvalue weighted by molar-refractivity contribution is 7.85. The van der Waals surface area contributed by atoms with Crippen LogP contribution in [0.1, 0.15) is 27.7 Å². The van der Waals surface area contributed by atoms with Crippen LogP contribution < -0.4 is 5.73 Å². The smallest absolute Gasteiger partial charge is 0.264 e. The van der Waals surface area contributed by atoms with Gasteiger partial charge in [-0.2, -0.15) is 8.42 Å². The number of nitrogens with two attached hydrogens (primary N) is 1. The SMILES string of the molecule is C[C@@H](OC(C)(C)C)[C@H](N)COS(C)(=O)=O.Cl. The van der Waals surface area contributed by atoms with Gasteiger partial charge in [-0.05, 0) is 27.7 Å². The Morgan fingerprint density at radius 1 is 1.31 bits per heavy atom. The van der Waals surface area contributed by atoms with Gasteiger partial charge in [-0.1, -0.05) is 0 Å². The molecule has 0 unspecified atom stereocenters. The third-order valence-electron chi connectivity index (χ3n) is 1.62. The summed E-state index contributed by atoms with van der Waals surface area (Å²) < 4.78 is 31.6. The molecule has 0 saturated heterocycles. The second-order valence-corrected chi connectivity index (χ2v) is 6.23. The second-order valence-electron chi connectivity index (χ2n) is 4.59. The van der Waals surface area contributed by atoms with Crippen molar-refractivity contribution in [2.24, 2.45) is 5.73 Å². The van der Waals surface area contributed by atoms with E-state index >= 15 is 0 Å². The highest BCUT2D eigenvalue weighted by Crippen LogP contribution is 2.12. The minimum atomic E-state index is -3.43. The molecule has 0 aromatic rings. The third-order valence-corrected chi connectivity index (χ3v) is 2.18. The number of halogens is 1. The molecule has 0 rings (SSSR count). The molecule has 2 N–H and O–H groups in total. The Morgan fingerprint density at radius 2 is 1.75 bits per heavy atom. The van der Waals surface area contributed by atoms with Crippen molar-refractivity contribution in [3.05, 3.63) is 0 Å². The van der Waals surface area contributed by atoms with Crippen molar-refractivity contribution in [3.8, 4) is 0 Å². The van der Waals surface area contributed by atoms with Gasteiger partial charge in [0.05, 0.1) is 30.6 Å². The fourth-order valence-electron chi connectivity index (χ4n) is 0.983. The Kier molecular flexibility index (Phi) is 7.81. The van der Waals surface area contributed by atoms with Crippen LogP contribution in [0, 0.1) is 0 Å². The average molecular weight is 276 g/mol. The van der Waals surface area contributed by atoms with Crippen molar-refractivity contribution in [1.29, 1.82) is 0 Å². The predicted molar refractivity (Wildman–Crippen MR) is 66.3 cm³/mol. The average Bonchev–Trinajstić information content (AvgIpc) is 1.95. The zero-order valence-corrected chi connectivity index (χ0v) is 12.0. The minimum Gasteiger partial charge on any atom is -0.371 e. The Bertz CT molecular complexity index is 286. The summed E-state index contributed by atoms with van der Waals surface area (Å²) in [5, 5.41) is 0. The van der Waals surface area contributed by atoms with Crippen molar-refractivity contribution in [2.75, 3.05) is 12.9 Å². The lowest BCUT2D eigenvalue weighted by Gasteiger charge is -2.28. The van der Waals surface area contributed by atoms with Gasteiger partial charge in [-0.3, -0.25) is 4.18 Å². The summed E-state index contributed by atoms with van der Waals surface area (Å²) in [4.78, 5) is 0. The standard InChI is InChI=1S/C9H21NO4S.ClH/c1-7(14-9(2,3)4)8(10)6-13-15(5,11)12;/h7-8H,6,10H2,1-5H3;1H/t7-,8-;/m1./s1. The first kappa shape index (κ1) is 18.5. The van der Waals surface area contributed by atoms with E-state index in [1.807, 2.05) is 20.8 Å². The van der Waals surface area contributed by atoms with Crippen LogP contribution in [0.4, 0.5) is 0 Å². The summed E-state index contributed by atoms with van der Waals surface area (Å²) in [7, 11) is -3.43. The van der Waals surface area contributed by atoms with E-state index in [1.165, 1.54) is 0 Å². The van der Waals surface area contributed by atoms with Crippen LogP contribution in [-0.2, 0) is 19.0 Å². The van der Waals surface area contributed by atoms with E-state index in [1.54, 1.807) is 6.92 Å². The zero-order valence-electron chi connectivity index (χ0n) is 10.4. The number of rotatable bonds is 5. The molecule has 2 atom stereocenters. The lowest BCUT2D eigenvalue weighted by Crippen LogP contribution is -2.42. The molecule has 0 aromatic carbocycles. The fourth-order valence-corrected chi connectivity index (χ4v) is 1.39. The van der Waals surface area contributed by atoms with Gasteiger partial charge in [0.1, 0.15) is 0 Å². The minimum absolute atomic E-state index is 0. The van der Waals surface area contributed by atoms with Crippen LogP contribution in [0.15, 0.2) is 0 Å². The number of hydrogen-bond acceptors (Lipinski definition) is 5. The Hall–Kier alpha value is 0.120. The normalized spacial score (nSPS) is 16.4. The molecule has 0 spiro atoms. The van der Waals surface area contributed by atoms with E-state index in [0.29, 0.717) is 0 Å². The number of hydrogen-bond donors (Lipinski definition) is 1. The van der Waals surface area contributed by atoms with Crippen LogP contribution in [-0.4, -0.2) is 39.0 Å². The lowest BCUT2D eigenvalue weighted by molar-refractivity contribution is -0.0654. The van der Waals surface area contributed by atoms with Gasteiger partial charge in [0.2, 0.25) is 0 Å². The molecule has 0 heterocycles. The van der Waals surface area contributed by atoms with Crippen LogP contribution in [0.25, 0.3) is 0 Å². The van der Waals surface area contributed by atoms with Gasteiger partial charge in [-0.25, -0.2) is 0 Å². The van der Waals surface area contributed by atoms with E-state index in [4.69, 9.17) is 10.5 Å². The molecular formula is C9H22ClNO4S. The maximum atomic E-state index is 10.7. The van der Waals surface area contributed by atoms with E-state index in [2.05, 4.69) is 4.18 Å². The molecular weight excluding hydrogens is 254 g/mol. The zero-order chi connectivity index (χ0) is 12.3. The third kappa shape index (κ3) is 10.6. The van der Waals surface area contributed by atoms with Gasteiger partial charge >= 0.3 is 0 Å². The summed E-state index contributed by atoms with van der Waals surface area (Å²) in [5.74, 6) is 0. The lowest BCUT2D eigenvalue weighted by atomic mass is 10.1. The largest absolute Gasteiger partial charge is 0.371 e. The molecule has 0 aliphatic rings. The molecule has 0 bridgehead atoms. The molecule has 5 nitrogen and oxygen atoms in total. The predicted octanol–water partition coefficient (Wildman–Crippen LogP) is 0.915. The Morgan fingerprint density at radius 3 is 2.06 bits per heavy atom. The molecule has 0 fully saturated rings. The summed E-state index contributed by atoms with van der Waals surface area (Å²) in [5.41, 5.74) is 5.41. The first-order chi connectivity index (χ1) is 6.51. The Balaban J connectivity index is 0. The molecule has 0 saturated carbocycles.